The van der Waals surface area contributed by atoms with Crippen LogP contribution in [0.4, 0.5) is 10.1 Å². The number of nitrogens with zero attached hydrogens (tertiary/aromatic N) is 3. The lowest BCUT2D eigenvalue weighted by Gasteiger charge is -2.16. The molecule has 1 unspecified atom stereocenters. The minimum Gasteiger partial charge on any atom is -0.334 e. The summed E-state index contributed by atoms with van der Waals surface area (Å²) in [5.74, 6) is -1.17. The lowest BCUT2D eigenvalue weighted by molar-refractivity contribution is -0.119. The molecule has 4 rings (SSSR count). The normalized spacial score (nSPS) is 17.9. The topological polar surface area (TPSA) is 84.3 Å². The molecule has 1 saturated heterocycles. The molecular weight excluding hydrogens is 383 g/mol. The number of carbonyl (C=O) groups excluding carboxylic acids is 1. The number of fused-ring (bicyclic) bond motifs is 1. The van der Waals surface area contributed by atoms with Crippen molar-refractivity contribution < 1.29 is 17.6 Å². The molecule has 0 radical (unpaired) electrons. The smallest absolute Gasteiger partial charge is 0.243 e. The molecule has 1 aromatic heterocycles. The Morgan fingerprint density at radius 3 is 2.71 bits per heavy atom. The largest absolute Gasteiger partial charge is 0.334 e. The number of anilines is 1. The zero-order valence-electron chi connectivity index (χ0n) is 15.2. The van der Waals surface area contributed by atoms with E-state index in [1.165, 1.54) is 16.4 Å². The third kappa shape index (κ3) is 3.38. The molecule has 2 aromatic carbocycles. The number of hydrogen-bond acceptors (Lipinski definition) is 4. The summed E-state index contributed by atoms with van der Waals surface area (Å²) in [4.78, 5) is 16.9. The number of nitrogens with one attached hydrogen (secondary N) is 1. The van der Waals surface area contributed by atoms with Crippen molar-refractivity contribution in [3.05, 3.63) is 54.6 Å². The third-order valence-electron chi connectivity index (χ3n) is 4.97. The summed E-state index contributed by atoms with van der Waals surface area (Å²) in [7, 11) is -1.88. The highest BCUT2D eigenvalue weighted by molar-refractivity contribution is 7.89. The molecule has 146 valence electrons. The Bertz CT molecular complexity index is 1140. The lowest BCUT2D eigenvalue weighted by atomic mass is 10.1. The molecule has 0 bridgehead atoms. The van der Waals surface area contributed by atoms with E-state index >= 15 is 0 Å². The number of rotatable bonds is 4. The SMILES string of the molecule is Cn1cnc2ccc(NC(=O)C3CCN(S(=O)(=O)c4ccc(F)cc4)C3)cc21. The fourth-order valence-electron chi connectivity index (χ4n) is 3.36. The van der Waals surface area contributed by atoms with E-state index < -0.39 is 21.8 Å². The van der Waals surface area contributed by atoms with Crippen LogP contribution < -0.4 is 5.32 Å². The van der Waals surface area contributed by atoms with E-state index in [2.05, 4.69) is 10.3 Å². The molecule has 28 heavy (non-hydrogen) atoms. The van der Waals surface area contributed by atoms with Gasteiger partial charge in [0.05, 0.1) is 28.2 Å². The van der Waals surface area contributed by atoms with Crippen molar-refractivity contribution in [2.45, 2.75) is 11.3 Å². The second-order valence-corrected chi connectivity index (χ2v) is 8.79. The van der Waals surface area contributed by atoms with Crippen LogP contribution in [0.5, 0.6) is 0 Å². The van der Waals surface area contributed by atoms with Gasteiger partial charge in [-0.05, 0) is 48.9 Å². The van der Waals surface area contributed by atoms with Crippen LogP contribution in [0.15, 0.2) is 53.7 Å². The van der Waals surface area contributed by atoms with E-state index in [1.54, 1.807) is 12.4 Å². The number of aromatic nitrogens is 2. The highest BCUT2D eigenvalue weighted by Crippen LogP contribution is 2.26. The van der Waals surface area contributed by atoms with Gasteiger partial charge in [-0.1, -0.05) is 0 Å². The van der Waals surface area contributed by atoms with Gasteiger partial charge < -0.3 is 9.88 Å². The van der Waals surface area contributed by atoms with Gasteiger partial charge in [0, 0.05) is 25.8 Å². The number of imidazole rings is 1. The molecule has 1 aliphatic heterocycles. The minimum absolute atomic E-state index is 0.0246. The molecule has 1 fully saturated rings. The second-order valence-electron chi connectivity index (χ2n) is 6.85. The van der Waals surface area contributed by atoms with Gasteiger partial charge in [0.1, 0.15) is 5.82 Å². The number of amides is 1. The van der Waals surface area contributed by atoms with Crippen LogP contribution in [0.25, 0.3) is 11.0 Å². The monoisotopic (exact) mass is 402 g/mol. The number of hydrogen-bond donors (Lipinski definition) is 1. The van der Waals surface area contributed by atoms with Crippen molar-refractivity contribution in [3.8, 4) is 0 Å². The number of aryl methyl sites for hydroxylation is 1. The van der Waals surface area contributed by atoms with Gasteiger partial charge in [0.2, 0.25) is 15.9 Å². The third-order valence-corrected chi connectivity index (χ3v) is 6.85. The predicted molar refractivity (Wildman–Crippen MR) is 103 cm³/mol. The minimum atomic E-state index is -3.75. The summed E-state index contributed by atoms with van der Waals surface area (Å²) in [5, 5.41) is 2.86. The molecule has 3 aromatic rings. The van der Waals surface area contributed by atoms with Gasteiger partial charge in [-0.2, -0.15) is 4.31 Å². The van der Waals surface area contributed by atoms with E-state index in [-0.39, 0.29) is 23.9 Å². The van der Waals surface area contributed by atoms with Gasteiger partial charge in [0.15, 0.2) is 0 Å². The fraction of sp³-hybridized carbons (Fsp3) is 0.263. The average molecular weight is 402 g/mol. The molecule has 9 heteroatoms. The first-order chi connectivity index (χ1) is 13.3. The Morgan fingerprint density at radius 2 is 1.96 bits per heavy atom. The molecule has 1 atom stereocenters. The number of sulfonamides is 1. The molecular formula is C19H19FN4O3S. The molecule has 0 spiro atoms. The summed E-state index contributed by atoms with van der Waals surface area (Å²) in [6.07, 6.45) is 2.13. The van der Waals surface area contributed by atoms with Crippen molar-refractivity contribution in [1.82, 2.24) is 13.9 Å². The van der Waals surface area contributed by atoms with Crippen molar-refractivity contribution in [2.75, 3.05) is 18.4 Å². The Kier molecular flexibility index (Phi) is 4.64. The summed E-state index contributed by atoms with van der Waals surface area (Å²) < 4.78 is 41.6. The first-order valence-corrected chi connectivity index (χ1v) is 10.3. The van der Waals surface area contributed by atoms with Gasteiger partial charge >= 0.3 is 0 Å². The standard InChI is InChI=1S/C19H19FN4O3S/c1-23-12-21-17-7-4-15(10-18(17)23)22-19(25)13-8-9-24(11-13)28(26,27)16-5-2-14(20)3-6-16/h2-7,10,12-13H,8-9,11H2,1H3,(H,22,25). The molecule has 1 N–H and O–H groups in total. The van der Waals surface area contributed by atoms with Crippen molar-refractivity contribution >= 4 is 32.7 Å². The van der Waals surface area contributed by atoms with Crippen LogP contribution >= 0.6 is 0 Å². The van der Waals surface area contributed by atoms with E-state index in [4.69, 9.17) is 0 Å². The van der Waals surface area contributed by atoms with E-state index in [0.29, 0.717) is 12.1 Å². The van der Waals surface area contributed by atoms with E-state index in [1.807, 2.05) is 23.7 Å². The highest BCUT2D eigenvalue weighted by atomic mass is 32.2. The molecule has 2 heterocycles. The maximum atomic E-state index is 13.1. The molecule has 0 saturated carbocycles. The Balaban J connectivity index is 1.46. The van der Waals surface area contributed by atoms with Crippen molar-refractivity contribution in [1.29, 1.82) is 0 Å². The maximum absolute atomic E-state index is 13.1. The number of halogens is 1. The Hall–Kier alpha value is -2.78. The van der Waals surface area contributed by atoms with Crippen LogP contribution in [-0.2, 0) is 21.9 Å². The first-order valence-electron chi connectivity index (χ1n) is 8.82. The number of benzene rings is 2. The highest BCUT2D eigenvalue weighted by Gasteiger charge is 2.35. The summed E-state index contributed by atoms with van der Waals surface area (Å²) in [5.41, 5.74) is 2.36. The second kappa shape index (κ2) is 6.99. The van der Waals surface area contributed by atoms with Crippen LogP contribution in [0, 0.1) is 11.7 Å². The van der Waals surface area contributed by atoms with Crippen molar-refractivity contribution in [3.63, 3.8) is 0 Å². The maximum Gasteiger partial charge on any atom is 0.243 e. The van der Waals surface area contributed by atoms with Crippen LogP contribution in [0.2, 0.25) is 0 Å². The van der Waals surface area contributed by atoms with E-state index in [9.17, 15) is 17.6 Å². The summed E-state index contributed by atoms with van der Waals surface area (Å²) in [6, 6.07) is 10.1. The van der Waals surface area contributed by atoms with Crippen LogP contribution in [0.3, 0.4) is 0 Å². The average Bonchev–Trinajstić information content (AvgIpc) is 3.30. The predicted octanol–water partition coefficient (Wildman–Crippen LogP) is 2.36. The van der Waals surface area contributed by atoms with Gasteiger partial charge in [0.25, 0.3) is 0 Å². The Morgan fingerprint density at radius 1 is 1.21 bits per heavy atom. The zero-order valence-corrected chi connectivity index (χ0v) is 16.0. The van der Waals surface area contributed by atoms with Crippen LogP contribution in [0.1, 0.15) is 6.42 Å². The summed E-state index contributed by atoms with van der Waals surface area (Å²) >= 11 is 0. The molecule has 1 aliphatic rings. The van der Waals surface area contributed by atoms with Gasteiger partial charge in [-0.25, -0.2) is 17.8 Å². The summed E-state index contributed by atoms with van der Waals surface area (Å²) in [6.45, 7) is 0.345. The molecule has 7 nitrogen and oxygen atoms in total. The van der Waals surface area contributed by atoms with Crippen molar-refractivity contribution in [2.24, 2.45) is 13.0 Å². The van der Waals surface area contributed by atoms with Crippen LogP contribution in [-0.4, -0.2) is 41.3 Å². The zero-order chi connectivity index (χ0) is 19.9. The fourth-order valence-corrected chi connectivity index (χ4v) is 4.86. The molecule has 0 aliphatic carbocycles. The first kappa shape index (κ1) is 18.6. The molecule has 1 amide bonds. The quantitative estimate of drug-likeness (QED) is 0.726. The van der Waals surface area contributed by atoms with Gasteiger partial charge in [-0.3, -0.25) is 4.79 Å². The Labute approximate surface area is 161 Å². The number of carbonyl (C=O) groups is 1. The van der Waals surface area contributed by atoms with Gasteiger partial charge in [-0.15, -0.1) is 0 Å². The van der Waals surface area contributed by atoms with E-state index in [0.717, 1.165) is 23.2 Å². The lowest BCUT2D eigenvalue weighted by Crippen LogP contribution is -2.31.